The van der Waals surface area contributed by atoms with E-state index in [0.29, 0.717) is 11.5 Å². The smallest absolute Gasteiger partial charge is 0.134 e. The monoisotopic (exact) mass is 139 g/mol. The van der Waals surface area contributed by atoms with Gasteiger partial charge < -0.3 is 9.63 Å². The highest BCUT2D eigenvalue weighted by Crippen LogP contribution is 2.12. The fourth-order valence-corrected chi connectivity index (χ4v) is 0.646. The van der Waals surface area contributed by atoms with Gasteiger partial charge in [-0.3, -0.25) is 0 Å². The van der Waals surface area contributed by atoms with E-state index in [1.807, 2.05) is 0 Å². The largest absolute Gasteiger partial charge is 0.383 e. The van der Waals surface area contributed by atoms with Crippen molar-refractivity contribution in [2.45, 2.75) is 13.0 Å². The molecule has 1 aromatic rings. The van der Waals surface area contributed by atoms with Crippen LogP contribution in [0.5, 0.6) is 0 Å². The minimum Gasteiger partial charge on any atom is -0.383 e. The van der Waals surface area contributed by atoms with Crippen LogP contribution in [-0.4, -0.2) is 10.3 Å². The molecule has 0 aliphatic heterocycles. The van der Waals surface area contributed by atoms with Gasteiger partial charge in [-0.1, -0.05) is 11.2 Å². The van der Waals surface area contributed by atoms with Crippen molar-refractivity contribution >= 4 is 0 Å². The van der Waals surface area contributed by atoms with Crippen LogP contribution in [0.1, 0.15) is 17.6 Å². The van der Waals surface area contributed by atoms with Gasteiger partial charge in [-0.05, 0) is 6.92 Å². The topological polar surface area (TPSA) is 46.3 Å². The van der Waals surface area contributed by atoms with E-state index in [9.17, 15) is 0 Å². The van der Waals surface area contributed by atoms with Crippen LogP contribution in [0.3, 0.4) is 0 Å². The number of nitrogens with zero attached hydrogens (tertiary/aromatic N) is 1. The molecule has 0 amide bonds. The molecule has 0 bridgehead atoms. The molecule has 0 fully saturated rings. The summed E-state index contributed by atoms with van der Waals surface area (Å²) in [6, 6.07) is 1.67. The Labute approximate surface area is 59.0 Å². The highest BCUT2D eigenvalue weighted by molar-refractivity contribution is 5.10. The van der Waals surface area contributed by atoms with Crippen molar-refractivity contribution in [3.05, 3.63) is 30.2 Å². The number of aromatic nitrogens is 1. The number of aliphatic hydroxyl groups excluding tert-OH is 1. The summed E-state index contributed by atoms with van der Waals surface area (Å²) >= 11 is 0. The van der Waals surface area contributed by atoms with E-state index in [0.717, 1.165) is 0 Å². The quantitative estimate of drug-likeness (QED) is 0.626. The third-order valence-corrected chi connectivity index (χ3v) is 1.17. The number of hydrogen-bond donors (Lipinski definition) is 1. The Bertz CT molecular complexity index is 229. The van der Waals surface area contributed by atoms with Crippen molar-refractivity contribution in [3.63, 3.8) is 0 Å². The zero-order valence-corrected chi connectivity index (χ0v) is 5.74. The molecule has 0 radical (unpaired) electrons. The summed E-state index contributed by atoms with van der Waals surface area (Å²) in [5.41, 5.74) is 0.507. The van der Waals surface area contributed by atoms with E-state index in [1.54, 1.807) is 13.0 Å². The lowest BCUT2D eigenvalue weighted by atomic mass is 10.2. The average molecular weight is 139 g/mol. The molecule has 0 saturated carbocycles. The molecule has 3 heteroatoms. The Kier molecular flexibility index (Phi) is 1.87. The molecule has 10 heavy (non-hydrogen) atoms. The third-order valence-electron chi connectivity index (χ3n) is 1.17. The molecular formula is C7H9NO2. The summed E-state index contributed by atoms with van der Waals surface area (Å²) in [6.45, 7) is 5.18. The Balaban J connectivity index is 2.84. The minimum atomic E-state index is -0.711. The maximum Gasteiger partial charge on any atom is 0.134 e. The van der Waals surface area contributed by atoms with Gasteiger partial charge in [0.25, 0.3) is 0 Å². The van der Waals surface area contributed by atoms with Crippen molar-refractivity contribution in [1.82, 2.24) is 5.16 Å². The van der Waals surface area contributed by atoms with Gasteiger partial charge in [0.15, 0.2) is 0 Å². The zero-order valence-electron chi connectivity index (χ0n) is 5.74. The summed E-state index contributed by atoms with van der Waals surface area (Å²) in [5, 5.41) is 12.7. The van der Waals surface area contributed by atoms with Gasteiger partial charge in [-0.25, -0.2) is 0 Å². The van der Waals surface area contributed by atoms with Crippen molar-refractivity contribution in [1.29, 1.82) is 0 Å². The fraction of sp³-hybridized carbons (Fsp3) is 0.286. The van der Waals surface area contributed by atoms with Gasteiger partial charge in [0, 0.05) is 6.07 Å². The van der Waals surface area contributed by atoms with Gasteiger partial charge >= 0.3 is 0 Å². The summed E-state index contributed by atoms with van der Waals surface area (Å²) in [7, 11) is 0. The molecule has 1 unspecified atom stereocenters. The van der Waals surface area contributed by atoms with Gasteiger partial charge in [-0.2, -0.15) is 0 Å². The van der Waals surface area contributed by atoms with E-state index < -0.39 is 6.10 Å². The molecule has 1 heterocycles. The van der Waals surface area contributed by atoms with Crippen LogP contribution in [0.25, 0.3) is 0 Å². The molecule has 0 aliphatic carbocycles. The first-order chi connectivity index (χ1) is 4.74. The summed E-state index contributed by atoms with van der Waals surface area (Å²) < 4.78 is 4.73. The molecule has 1 rings (SSSR count). The molecule has 1 atom stereocenters. The second-order valence-corrected chi connectivity index (χ2v) is 2.04. The SMILES string of the molecule is C=CC(O)c1cc(C)on1. The fourth-order valence-electron chi connectivity index (χ4n) is 0.646. The van der Waals surface area contributed by atoms with Gasteiger partial charge in [0.2, 0.25) is 0 Å². The molecule has 0 saturated heterocycles. The summed E-state index contributed by atoms with van der Waals surface area (Å²) in [6.07, 6.45) is 0.689. The maximum absolute atomic E-state index is 9.10. The van der Waals surface area contributed by atoms with E-state index in [1.165, 1.54) is 6.08 Å². The van der Waals surface area contributed by atoms with Crippen LogP contribution in [0, 0.1) is 6.92 Å². The first kappa shape index (κ1) is 7.02. The first-order valence-corrected chi connectivity index (χ1v) is 2.98. The number of aryl methyl sites for hydroxylation is 1. The Hall–Kier alpha value is -1.09. The van der Waals surface area contributed by atoms with Crippen LogP contribution in [0.4, 0.5) is 0 Å². The predicted octanol–water partition coefficient (Wildman–Crippen LogP) is 1.20. The van der Waals surface area contributed by atoms with E-state index >= 15 is 0 Å². The Morgan fingerprint density at radius 1 is 1.90 bits per heavy atom. The maximum atomic E-state index is 9.10. The van der Waals surface area contributed by atoms with Gasteiger partial charge in [0.1, 0.15) is 17.6 Å². The van der Waals surface area contributed by atoms with Crippen LogP contribution in [0.15, 0.2) is 23.2 Å². The van der Waals surface area contributed by atoms with Gasteiger partial charge in [-0.15, -0.1) is 6.58 Å². The summed E-state index contributed by atoms with van der Waals surface area (Å²) in [5.74, 6) is 0.691. The van der Waals surface area contributed by atoms with E-state index in [-0.39, 0.29) is 0 Å². The van der Waals surface area contributed by atoms with Crippen molar-refractivity contribution in [2.24, 2.45) is 0 Å². The zero-order chi connectivity index (χ0) is 7.56. The van der Waals surface area contributed by atoms with Crippen molar-refractivity contribution in [3.8, 4) is 0 Å². The first-order valence-electron chi connectivity index (χ1n) is 2.98. The summed E-state index contributed by atoms with van der Waals surface area (Å²) in [4.78, 5) is 0. The molecule has 1 aromatic heterocycles. The average Bonchev–Trinajstić information content (AvgIpc) is 2.34. The standard InChI is InChI=1S/C7H9NO2/c1-3-7(9)6-4-5(2)10-8-6/h3-4,7,9H,1H2,2H3. The molecule has 0 spiro atoms. The lowest BCUT2D eigenvalue weighted by molar-refractivity contribution is 0.216. The second kappa shape index (κ2) is 2.66. The van der Waals surface area contributed by atoms with Crippen molar-refractivity contribution < 1.29 is 9.63 Å². The number of hydrogen-bond acceptors (Lipinski definition) is 3. The highest BCUT2D eigenvalue weighted by Gasteiger charge is 2.06. The van der Waals surface area contributed by atoms with Crippen LogP contribution in [0.2, 0.25) is 0 Å². The molecule has 0 aliphatic rings. The van der Waals surface area contributed by atoms with E-state index in [2.05, 4.69) is 11.7 Å². The molecule has 3 nitrogen and oxygen atoms in total. The lowest BCUT2D eigenvalue weighted by Gasteiger charge is -1.94. The van der Waals surface area contributed by atoms with E-state index in [4.69, 9.17) is 9.63 Å². The molecule has 54 valence electrons. The second-order valence-electron chi connectivity index (χ2n) is 2.04. The van der Waals surface area contributed by atoms with Crippen molar-refractivity contribution in [2.75, 3.05) is 0 Å². The third kappa shape index (κ3) is 1.25. The number of aliphatic hydroxyl groups is 1. The van der Waals surface area contributed by atoms with Crippen LogP contribution >= 0.6 is 0 Å². The highest BCUT2D eigenvalue weighted by atomic mass is 16.5. The Morgan fingerprint density at radius 3 is 3.00 bits per heavy atom. The van der Waals surface area contributed by atoms with Gasteiger partial charge in [0.05, 0.1) is 0 Å². The molecule has 0 aromatic carbocycles. The Morgan fingerprint density at radius 2 is 2.60 bits per heavy atom. The predicted molar refractivity (Wildman–Crippen MR) is 36.4 cm³/mol. The normalized spacial score (nSPS) is 13.0. The van der Waals surface area contributed by atoms with Crippen LogP contribution in [-0.2, 0) is 0 Å². The van der Waals surface area contributed by atoms with Crippen LogP contribution < -0.4 is 0 Å². The number of rotatable bonds is 2. The molecular weight excluding hydrogens is 130 g/mol. The minimum absolute atomic E-state index is 0.507. The molecule has 1 N–H and O–H groups in total. The lowest BCUT2D eigenvalue weighted by Crippen LogP contribution is -1.90.